The highest BCUT2D eigenvalue weighted by molar-refractivity contribution is 5.85. The normalized spacial score (nSPS) is 8.62. The van der Waals surface area contributed by atoms with Crippen molar-refractivity contribution in [2.24, 2.45) is 5.73 Å². The number of hydrogen-bond acceptors (Lipinski definition) is 3. The van der Waals surface area contributed by atoms with Crippen LogP contribution in [0.4, 0.5) is 4.79 Å². The van der Waals surface area contributed by atoms with E-state index in [4.69, 9.17) is 5.73 Å². The molecule has 0 spiro atoms. The molecule has 1 heterocycles. The van der Waals surface area contributed by atoms with E-state index in [0.29, 0.717) is 6.42 Å². The van der Waals surface area contributed by atoms with Crippen LogP contribution in [0.15, 0.2) is 24.4 Å². The summed E-state index contributed by atoms with van der Waals surface area (Å²) in [6, 6.07) is 5.58. The molecule has 0 aliphatic carbocycles. The average Bonchev–Trinajstić information content (AvgIpc) is 2.05. The molecule has 0 aliphatic heterocycles. The first-order chi connectivity index (χ1) is 5.79. The summed E-state index contributed by atoms with van der Waals surface area (Å²) in [6.45, 7) is 0.284. The Morgan fingerprint density at radius 3 is 2.85 bits per heavy atom. The highest BCUT2D eigenvalue weighted by atomic mass is 35.5. The zero-order chi connectivity index (χ0) is 8.81. The molecule has 13 heavy (non-hydrogen) atoms. The molecule has 4 nitrogen and oxygen atoms in total. The van der Waals surface area contributed by atoms with Crippen LogP contribution in [0.3, 0.4) is 0 Å². The summed E-state index contributed by atoms with van der Waals surface area (Å²) >= 11 is 0. The molecule has 5 heteroatoms. The van der Waals surface area contributed by atoms with Crippen molar-refractivity contribution in [2.75, 3.05) is 6.61 Å². The summed E-state index contributed by atoms with van der Waals surface area (Å²) in [5.41, 5.74) is 5.66. The predicted molar refractivity (Wildman–Crippen MR) is 50.7 cm³/mol. The molecular weight excluding hydrogens is 192 g/mol. The van der Waals surface area contributed by atoms with Gasteiger partial charge in [-0.15, -0.1) is 12.4 Å². The highest BCUT2D eigenvalue weighted by Gasteiger charge is 1.95. The Labute approximate surface area is 82.5 Å². The van der Waals surface area contributed by atoms with Crippen LogP contribution in [0.2, 0.25) is 0 Å². The Kier molecular flexibility index (Phi) is 5.63. The first-order valence-electron chi connectivity index (χ1n) is 3.61. The van der Waals surface area contributed by atoms with E-state index in [9.17, 15) is 4.79 Å². The summed E-state index contributed by atoms with van der Waals surface area (Å²) in [5.74, 6) is 0. The minimum Gasteiger partial charge on any atom is -0.449 e. The fraction of sp³-hybridized carbons (Fsp3) is 0.250. The minimum absolute atomic E-state index is 0. The van der Waals surface area contributed by atoms with E-state index in [2.05, 4.69) is 9.72 Å². The van der Waals surface area contributed by atoms with Crippen molar-refractivity contribution >= 4 is 18.5 Å². The number of pyridine rings is 1. The number of hydrogen-bond donors (Lipinski definition) is 1. The molecule has 2 N–H and O–H groups in total. The number of amides is 1. The third-order valence-electron chi connectivity index (χ3n) is 1.33. The molecule has 0 bridgehead atoms. The summed E-state index contributed by atoms with van der Waals surface area (Å²) in [5, 5.41) is 0. The van der Waals surface area contributed by atoms with Crippen LogP contribution in [0.1, 0.15) is 5.69 Å². The van der Waals surface area contributed by atoms with Gasteiger partial charge in [0, 0.05) is 18.3 Å². The second kappa shape index (κ2) is 6.25. The number of halogens is 1. The fourth-order valence-electron chi connectivity index (χ4n) is 0.802. The number of nitrogens with two attached hydrogens (primary N) is 1. The molecule has 1 aromatic rings. The van der Waals surface area contributed by atoms with Crippen molar-refractivity contribution in [3.8, 4) is 0 Å². The van der Waals surface area contributed by atoms with Gasteiger partial charge < -0.3 is 10.5 Å². The van der Waals surface area contributed by atoms with Crippen LogP contribution in [0.5, 0.6) is 0 Å². The van der Waals surface area contributed by atoms with Crippen molar-refractivity contribution in [1.82, 2.24) is 4.98 Å². The van der Waals surface area contributed by atoms with Crippen LogP contribution in [0, 0.1) is 0 Å². The van der Waals surface area contributed by atoms with Gasteiger partial charge in [-0.05, 0) is 12.1 Å². The summed E-state index contributed by atoms with van der Waals surface area (Å²) < 4.78 is 4.54. The second-order valence-electron chi connectivity index (χ2n) is 2.24. The monoisotopic (exact) mass is 202 g/mol. The summed E-state index contributed by atoms with van der Waals surface area (Å²) in [4.78, 5) is 14.2. The predicted octanol–water partition coefficient (Wildman–Crippen LogP) is 1.14. The van der Waals surface area contributed by atoms with Crippen molar-refractivity contribution < 1.29 is 9.53 Å². The molecule has 0 radical (unpaired) electrons. The number of ether oxygens (including phenoxy) is 1. The van der Waals surface area contributed by atoms with Crippen LogP contribution in [0.25, 0.3) is 0 Å². The van der Waals surface area contributed by atoms with Gasteiger partial charge in [0.25, 0.3) is 0 Å². The molecule has 0 aromatic carbocycles. The van der Waals surface area contributed by atoms with Crippen LogP contribution < -0.4 is 5.73 Å². The smallest absolute Gasteiger partial charge is 0.404 e. The quantitative estimate of drug-likeness (QED) is 0.800. The maximum atomic E-state index is 10.2. The second-order valence-corrected chi connectivity index (χ2v) is 2.24. The molecule has 0 aliphatic rings. The number of aromatic nitrogens is 1. The molecular formula is C8H11ClN2O2. The first kappa shape index (κ1) is 11.7. The van der Waals surface area contributed by atoms with E-state index in [1.165, 1.54) is 0 Å². The molecule has 0 saturated carbocycles. The zero-order valence-electron chi connectivity index (χ0n) is 6.97. The Hall–Kier alpha value is -1.29. The maximum absolute atomic E-state index is 10.2. The Morgan fingerprint density at radius 1 is 1.54 bits per heavy atom. The van der Waals surface area contributed by atoms with Crippen molar-refractivity contribution in [1.29, 1.82) is 0 Å². The molecule has 0 unspecified atom stereocenters. The highest BCUT2D eigenvalue weighted by Crippen LogP contribution is 1.94. The standard InChI is InChI=1S/C8H10N2O2.ClH/c9-8(11)12-6-4-7-3-1-2-5-10-7;/h1-3,5H,4,6H2,(H2,9,11);1H. The Bertz CT molecular complexity index is 254. The number of carbonyl (C=O) groups excluding carboxylic acids is 1. The molecule has 0 fully saturated rings. The Morgan fingerprint density at radius 2 is 2.31 bits per heavy atom. The van der Waals surface area contributed by atoms with Gasteiger partial charge >= 0.3 is 6.09 Å². The zero-order valence-corrected chi connectivity index (χ0v) is 7.79. The summed E-state index contributed by atoms with van der Waals surface area (Å²) in [7, 11) is 0. The van der Waals surface area contributed by atoms with Gasteiger partial charge in [0.15, 0.2) is 0 Å². The number of primary amides is 1. The summed E-state index contributed by atoms with van der Waals surface area (Å²) in [6.07, 6.45) is 1.55. The molecule has 1 aromatic heterocycles. The lowest BCUT2D eigenvalue weighted by Crippen LogP contribution is -2.14. The van der Waals surface area contributed by atoms with Crippen molar-refractivity contribution in [3.63, 3.8) is 0 Å². The van der Waals surface area contributed by atoms with Gasteiger partial charge in [0.1, 0.15) is 0 Å². The van der Waals surface area contributed by atoms with Gasteiger partial charge in [0.2, 0.25) is 0 Å². The van der Waals surface area contributed by atoms with Gasteiger partial charge in [-0.1, -0.05) is 6.07 Å². The largest absolute Gasteiger partial charge is 0.449 e. The lowest BCUT2D eigenvalue weighted by atomic mass is 10.3. The van der Waals surface area contributed by atoms with Gasteiger partial charge in [-0.2, -0.15) is 0 Å². The molecule has 0 atom stereocenters. The van der Waals surface area contributed by atoms with Crippen LogP contribution >= 0.6 is 12.4 Å². The topological polar surface area (TPSA) is 65.2 Å². The van der Waals surface area contributed by atoms with Gasteiger partial charge in [0.05, 0.1) is 6.61 Å². The van der Waals surface area contributed by atoms with E-state index < -0.39 is 6.09 Å². The van der Waals surface area contributed by atoms with Gasteiger partial charge in [-0.25, -0.2) is 4.79 Å². The third-order valence-corrected chi connectivity index (χ3v) is 1.33. The number of carbonyl (C=O) groups is 1. The van der Waals surface area contributed by atoms with Crippen molar-refractivity contribution in [3.05, 3.63) is 30.1 Å². The number of nitrogens with zero attached hydrogens (tertiary/aromatic N) is 1. The lowest BCUT2D eigenvalue weighted by Gasteiger charge is -1.99. The van der Waals surface area contributed by atoms with E-state index in [1.807, 2.05) is 18.2 Å². The molecule has 1 rings (SSSR count). The van der Waals surface area contributed by atoms with E-state index >= 15 is 0 Å². The molecule has 0 saturated heterocycles. The average molecular weight is 203 g/mol. The SMILES string of the molecule is Cl.NC(=O)OCCc1ccccn1. The van der Waals surface area contributed by atoms with Crippen LogP contribution in [-0.2, 0) is 11.2 Å². The van der Waals surface area contributed by atoms with Gasteiger partial charge in [-0.3, -0.25) is 4.98 Å². The van der Waals surface area contributed by atoms with Crippen molar-refractivity contribution in [2.45, 2.75) is 6.42 Å². The third kappa shape index (κ3) is 5.03. The number of rotatable bonds is 3. The van der Waals surface area contributed by atoms with E-state index in [0.717, 1.165) is 5.69 Å². The Balaban J connectivity index is 0.00000144. The maximum Gasteiger partial charge on any atom is 0.404 e. The van der Waals surface area contributed by atoms with E-state index in [-0.39, 0.29) is 19.0 Å². The molecule has 72 valence electrons. The van der Waals surface area contributed by atoms with Crippen LogP contribution in [-0.4, -0.2) is 17.7 Å². The molecule has 1 amide bonds. The van der Waals surface area contributed by atoms with E-state index in [1.54, 1.807) is 6.20 Å². The first-order valence-corrected chi connectivity index (χ1v) is 3.61. The fourth-order valence-corrected chi connectivity index (χ4v) is 0.802. The lowest BCUT2D eigenvalue weighted by molar-refractivity contribution is 0.158. The minimum atomic E-state index is -0.745.